The molecule has 122 valence electrons. The molecule has 0 fully saturated rings. The average molecular weight is 319 g/mol. The van der Waals surface area contributed by atoms with Crippen LogP contribution in [-0.2, 0) is 6.42 Å². The van der Waals surface area contributed by atoms with Gasteiger partial charge in [0.25, 0.3) is 5.91 Å². The maximum absolute atomic E-state index is 12.7. The van der Waals surface area contributed by atoms with Crippen LogP contribution in [0.4, 0.5) is 0 Å². The lowest BCUT2D eigenvalue weighted by atomic mass is 9.99. The summed E-state index contributed by atoms with van der Waals surface area (Å²) >= 11 is 0. The second-order valence-electron chi connectivity index (χ2n) is 5.96. The van der Waals surface area contributed by atoms with Crippen molar-refractivity contribution < 1.29 is 9.21 Å². The molecule has 1 aromatic heterocycles. The van der Waals surface area contributed by atoms with Gasteiger partial charge in [0, 0.05) is 5.56 Å². The summed E-state index contributed by atoms with van der Waals surface area (Å²) in [4.78, 5) is 12.7. The van der Waals surface area contributed by atoms with Crippen molar-refractivity contribution >= 4 is 5.91 Å². The molecule has 1 N–H and O–H groups in total. The van der Waals surface area contributed by atoms with Crippen molar-refractivity contribution in [2.24, 2.45) is 0 Å². The van der Waals surface area contributed by atoms with Crippen LogP contribution in [0.25, 0.3) is 0 Å². The van der Waals surface area contributed by atoms with Crippen molar-refractivity contribution in [1.82, 2.24) is 5.32 Å². The summed E-state index contributed by atoms with van der Waals surface area (Å²) in [6.45, 7) is 3.82. The predicted octanol–water partition coefficient (Wildman–Crippen LogP) is 4.67. The molecule has 0 radical (unpaired) electrons. The third-order valence-electron chi connectivity index (χ3n) is 4.03. The third kappa shape index (κ3) is 3.74. The van der Waals surface area contributed by atoms with E-state index >= 15 is 0 Å². The van der Waals surface area contributed by atoms with Gasteiger partial charge in [-0.25, -0.2) is 0 Å². The third-order valence-corrected chi connectivity index (χ3v) is 4.03. The SMILES string of the molecule is Cc1ccc(C(C)NC(=O)c2ccccc2Cc2ccccc2)o1. The van der Waals surface area contributed by atoms with Crippen molar-refractivity contribution in [3.05, 3.63) is 94.9 Å². The molecule has 3 aromatic rings. The van der Waals surface area contributed by atoms with Crippen LogP contribution in [0.5, 0.6) is 0 Å². The summed E-state index contributed by atoms with van der Waals surface area (Å²) in [7, 11) is 0. The van der Waals surface area contributed by atoms with Gasteiger partial charge in [-0.15, -0.1) is 0 Å². The van der Waals surface area contributed by atoms with Crippen molar-refractivity contribution in [3.8, 4) is 0 Å². The van der Waals surface area contributed by atoms with Gasteiger partial charge in [-0.1, -0.05) is 48.5 Å². The lowest BCUT2D eigenvalue weighted by Gasteiger charge is -2.14. The molecule has 3 heteroatoms. The minimum absolute atomic E-state index is 0.0805. The van der Waals surface area contributed by atoms with Gasteiger partial charge < -0.3 is 9.73 Å². The van der Waals surface area contributed by atoms with E-state index in [-0.39, 0.29) is 11.9 Å². The first-order chi connectivity index (χ1) is 11.6. The number of carbonyl (C=O) groups is 1. The second-order valence-corrected chi connectivity index (χ2v) is 5.96. The lowest BCUT2D eigenvalue weighted by Crippen LogP contribution is -2.27. The second kappa shape index (κ2) is 7.18. The van der Waals surface area contributed by atoms with Crippen LogP contribution in [-0.4, -0.2) is 5.91 Å². The molecule has 24 heavy (non-hydrogen) atoms. The topological polar surface area (TPSA) is 42.2 Å². The zero-order chi connectivity index (χ0) is 16.9. The van der Waals surface area contributed by atoms with E-state index in [0.717, 1.165) is 23.5 Å². The fourth-order valence-corrected chi connectivity index (χ4v) is 2.74. The summed E-state index contributed by atoms with van der Waals surface area (Å²) in [5, 5.41) is 3.02. The van der Waals surface area contributed by atoms with Gasteiger partial charge in [-0.2, -0.15) is 0 Å². The Kier molecular flexibility index (Phi) is 4.80. The molecule has 0 saturated heterocycles. The molecule has 0 spiro atoms. The smallest absolute Gasteiger partial charge is 0.252 e. The molecule has 3 nitrogen and oxygen atoms in total. The maximum atomic E-state index is 12.7. The van der Waals surface area contributed by atoms with Crippen molar-refractivity contribution in [2.75, 3.05) is 0 Å². The molecule has 2 aromatic carbocycles. The molecule has 3 rings (SSSR count). The summed E-state index contributed by atoms with van der Waals surface area (Å²) in [6, 6.07) is 21.5. The first-order valence-corrected chi connectivity index (χ1v) is 8.12. The first kappa shape index (κ1) is 16.1. The lowest BCUT2D eigenvalue weighted by molar-refractivity contribution is 0.0934. The highest BCUT2D eigenvalue weighted by Gasteiger charge is 2.16. The van der Waals surface area contributed by atoms with E-state index < -0.39 is 0 Å². The number of rotatable bonds is 5. The van der Waals surface area contributed by atoms with Crippen LogP contribution in [0, 0.1) is 6.92 Å². The molecular weight excluding hydrogens is 298 g/mol. The molecule has 1 unspecified atom stereocenters. The zero-order valence-corrected chi connectivity index (χ0v) is 14.0. The van der Waals surface area contributed by atoms with E-state index in [1.54, 1.807) is 0 Å². The molecule has 0 saturated carbocycles. The van der Waals surface area contributed by atoms with Crippen LogP contribution in [0.3, 0.4) is 0 Å². The first-order valence-electron chi connectivity index (χ1n) is 8.12. The quantitative estimate of drug-likeness (QED) is 0.742. The summed E-state index contributed by atoms with van der Waals surface area (Å²) in [6.07, 6.45) is 0.735. The Morgan fingerprint density at radius 1 is 1.00 bits per heavy atom. The van der Waals surface area contributed by atoms with Gasteiger partial charge in [0.1, 0.15) is 11.5 Å². The number of nitrogens with one attached hydrogen (secondary N) is 1. The number of amides is 1. The minimum Gasteiger partial charge on any atom is -0.464 e. The molecule has 1 heterocycles. The van der Waals surface area contributed by atoms with E-state index in [2.05, 4.69) is 17.4 Å². The summed E-state index contributed by atoms with van der Waals surface area (Å²) < 4.78 is 5.59. The number of carbonyl (C=O) groups excluding carboxylic acids is 1. The Labute approximate surface area is 142 Å². The van der Waals surface area contributed by atoms with Crippen LogP contribution in [0.2, 0.25) is 0 Å². The fourth-order valence-electron chi connectivity index (χ4n) is 2.74. The van der Waals surface area contributed by atoms with E-state index in [4.69, 9.17) is 4.42 Å². The largest absolute Gasteiger partial charge is 0.464 e. The normalized spacial score (nSPS) is 11.9. The highest BCUT2D eigenvalue weighted by molar-refractivity contribution is 5.96. The molecular formula is C21H21NO2. The van der Waals surface area contributed by atoms with Crippen molar-refractivity contribution in [3.63, 3.8) is 0 Å². The van der Waals surface area contributed by atoms with Gasteiger partial charge in [0.15, 0.2) is 0 Å². The number of furan rings is 1. The molecule has 1 atom stereocenters. The fraction of sp³-hybridized carbons (Fsp3) is 0.190. The van der Waals surface area contributed by atoms with Crippen LogP contribution >= 0.6 is 0 Å². The van der Waals surface area contributed by atoms with Gasteiger partial charge >= 0.3 is 0 Å². The molecule has 1 amide bonds. The Bertz CT molecular complexity index is 821. The summed E-state index contributed by atoms with van der Waals surface area (Å²) in [5.74, 6) is 1.53. The van der Waals surface area contributed by atoms with Gasteiger partial charge in [-0.05, 0) is 49.6 Å². The van der Waals surface area contributed by atoms with E-state index in [1.165, 1.54) is 5.56 Å². The Hall–Kier alpha value is -2.81. The number of hydrogen-bond acceptors (Lipinski definition) is 2. The number of benzene rings is 2. The Morgan fingerprint density at radius 3 is 2.42 bits per heavy atom. The van der Waals surface area contributed by atoms with E-state index in [9.17, 15) is 4.79 Å². The van der Waals surface area contributed by atoms with Gasteiger partial charge in [-0.3, -0.25) is 4.79 Å². The van der Waals surface area contributed by atoms with Crippen molar-refractivity contribution in [2.45, 2.75) is 26.3 Å². The highest BCUT2D eigenvalue weighted by Crippen LogP contribution is 2.18. The highest BCUT2D eigenvalue weighted by atomic mass is 16.3. The Morgan fingerprint density at radius 2 is 1.71 bits per heavy atom. The van der Waals surface area contributed by atoms with Crippen LogP contribution in [0.15, 0.2) is 71.1 Å². The minimum atomic E-state index is -0.170. The monoisotopic (exact) mass is 319 g/mol. The molecule has 0 aliphatic rings. The molecule has 0 bridgehead atoms. The number of hydrogen-bond donors (Lipinski definition) is 1. The van der Waals surface area contributed by atoms with Crippen LogP contribution in [0.1, 0.15) is 46.0 Å². The van der Waals surface area contributed by atoms with Gasteiger partial charge in [0.2, 0.25) is 0 Å². The predicted molar refractivity (Wildman–Crippen MR) is 95.0 cm³/mol. The molecule has 0 aliphatic carbocycles. The standard InChI is InChI=1S/C21H21NO2/c1-15-12-13-20(24-15)16(2)22-21(23)19-11-7-6-10-18(19)14-17-8-4-3-5-9-17/h3-13,16H,14H2,1-2H3,(H,22,23). The summed E-state index contributed by atoms with van der Waals surface area (Å²) in [5.41, 5.74) is 2.91. The average Bonchev–Trinajstić information content (AvgIpc) is 3.03. The zero-order valence-electron chi connectivity index (χ0n) is 14.0. The Balaban J connectivity index is 1.77. The number of aryl methyl sites for hydroxylation is 1. The van der Waals surface area contributed by atoms with Crippen molar-refractivity contribution in [1.29, 1.82) is 0 Å². The molecule has 0 aliphatic heterocycles. The van der Waals surface area contributed by atoms with Gasteiger partial charge in [0.05, 0.1) is 6.04 Å². The maximum Gasteiger partial charge on any atom is 0.252 e. The van der Waals surface area contributed by atoms with E-state index in [0.29, 0.717) is 5.56 Å². The van der Waals surface area contributed by atoms with E-state index in [1.807, 2.05) is 68.4 Å². The van der Waals surface area contributed by atoms with Crippen LogP contribution < -0.4 is 5.32 Å².